The number of nitrogens with zero attached hydrogens (tertiary/aromatic N) is 1. The van der Waals surface area contributed by atoms with Crippen molar-refractivity contribution in [3.05, 3.63) is 63.9 Å². The first-order chi connectivity index (χ1) is 17.4. The summed E-state index contributed by atoms with van der Waals surface area (Å²) >= 11 is 5.85. The van der Waals surface area contributed by atoms with Gasteiger partial charge in [-0.15, -0.1) is 0 Å². The molecule has 0 radical (unpaired) electrons. The van der Waals surface area contributed by atoms with Crippen LogP contribution in [0.3, 0.4) is 0 Å². The molecule has 13 heteroatoms. The fourth-order valence-corrected chi connectivity index (χ4v) is 5.60. The molecule has 37 heavy (non-hydrogen) atoms. The number of methoxy groups -OCH3 is 1. The number of rotatable bonds is 9. The predicted octanol–water partition coefficient (Wildman–Crippen LogP) is 2.16. The van der Waals surface area contributed by atoms with E-state index in [1.54, 1.807) is 18.2 Å². The molecule has 0 aliphatic carbocycles. The third-order valence-corrected chi connectivity index (χ3v) is 7.78. The molecular weight excluding hydrogens is 527 g/mol. The van der Waals surface area contributed by atoms with Gasteiger partial charge in [-0.1, -0.05) is 49.7 Å². The van der Waals surface area contributed by atoms with E-state index in [4.69, 9.17) is 11.6 Å². The monoisotopic (exact) mass is 554 g/mol. The molecule has 0 atom stereocenters. The van der Waals surface area contributed by atoms with Crippen LogP contribution in [-0.4, -0.2) is 64.3 Å². The van der Waals surface area contributed by atoms with Crippen LogP contribution in [0.1, 0.15) is 41.3 Å². The summed E-state index contributed by atoms with van der Waals surface area (Å²) in [6.07, 6.45) is 0. The van der Waals surface area contributed by atoms with E-state index in [1.807, 2.05) is 24.6 Å². The van der Waals surface area contributed by atoms with Crippen LogP contribution < -0.4 is 15.4 Å². The number of hydrogen-bond acceptors (Lipinski definition) is 6. The van der Waals surface area contributed by atoms with Gasteiger partial charge in [0.2, 0.25) is 5.91 Å². The highest BCUT2D eigenvalue weighted by Crippen LogP contribution is 2.41. The number of ether oxygens (including phenoxy) is 1. The number of benzene rings is 2. The third kappa shape index (κ3) is 5.77. The van der Waals surface area contributed by atoms with Gasteiger partial charge >= 0.3 is 10.2 Å². The van der Waals surface area contributed by atoms with E-state index in [2.05, 4.69) is 15.4 Å². The van der Waals surface area contributed by atoms with E-state index in [-0.39, 0.29) is 35.3 Å². The average molecular weight is 555 g/mol. The van der Waals surface area contributed by atoms with Crippen molar-refractivity contribution < 1.29 is 31.9 Å². The van der Waals surface area contributed by atoms with Crippen molar-refractivity contribution in [2.24, 2.45) is 0 Å². The van der Waals surface area contributed by atoms with Gasteiger partial charge in [0.25, 0.3) is 11.8 Å². The first-order valence-corrected chi connectivity index (χ1v) is 13.1. The molecule has 3 rings (SSSR count). The molecule has 10 nitrogen and oxygen atoms in total. The maximum atomic E-state index is 14.3. The number of hydrogen-bond donors (Lipinski definition) is 3. The zero-order valence-corrected chi connectivity index (χ0v) is 22.3. The molecule has 0 spiro atoms. The topological polar surface area (TPSA) is 134 Å². The highest BCUT2D eigenvalue weighted by Gasteiger charge is 2.55. The normalized spacial score (nSPS) is 15.1. The fraction of sp³-hybridized carbons (Fsp3) is 0.375. The number of anilines is 1. The molecule has 1 aliphatic heterocycles. The fourth-order valence-electron chi connectivity index (χ4n) is 4.18. The molecule has 1 heterocycles. The van der Waals surface area contributed by atoms with Crippen molar-refractivity contribution in [3.8, 4) is 0 Å². The Morgan fingerprint density at radius 3 is 2.43 bits per heavy atom. The van der Waals surface area contributed by atoms with Gasteiger partial charge in [0.1, 0.15) is 17.8 Å². The highest BCUT2D eigenvalue weighted by atomic mass is 35.5. The maximum absolute atomic E-state index is 14.3. The number of amides is 3. The molecular formula is C24H28ClFN4O6S. The molecule has 0 aromatic heterocycles. The van der Waals surface area contributed by atoms with Gasteiger partial charge in [-0.3, -0.25) is 14.4 Å². The number of carbonyl (C=O) groups excluding carboxylic acids is 3. The lowest BCUT2D eigenvalue weighted by Crippen LogP contribution is -2.68. The van der Waals surface area contributed by atoms with E-state index in [0.29, 0.717) is 5.56 Å². The maximum Gasteiger partial charge on any atom is 0.303 e. The first kappa shape index (κ1) is 28.5. The summed E-state index contributed by atoms with van der Waals surface area (Å²) in [5.74, 6) is -2.98. The average Bonchev–Trinajstić information content (AvgIpc) is 2.80. The van der Waals surface area contributed by atoms with Gasteiger partial charge in [-0.05, 0) is 29.2 Å². The summed E-state index contributed by atoms with van der Waals surface area (Å²) in [6, 6.07) is 9.13. The quantitative estimate of drug-likeness (QED) is 0.435. The zero-order valence-electron chi connectivity index (χ0n) is 20.7. The molecule has 1 aliphatic rings. The van der Waals surface area contributed by atoms with Gasteiger partial charge < -0.3 is 15.4 Å². The van der Waals surface area contributed by atoms with E-state index in [0.717, 1.165) is 22.0 Å². The molecule has 2 aromatic rings. The Morgan fingerprint density at radius 1 is 1.19 bits per heavy atom. The van der Waals surface area contributed by atoms with Crippen LogP contribution in [0.4, 0.5) is 10.1 Å². The summed E-state index contributed by atoms with van der Waals surface area (Å²) < 4.78 is 47.4. The number of carbonyl (C=O) groups is 3. The van der Waals surface area contributed by atoms with Crippen LogP contribution in [0.5, 0.6) is 0 Å². The third-order valence-electron chi connectivity index (χ3n) is 6.06. The zero-order chi connectivity index (χ0) is 27.5. The van der Waals surface area contributed by atoms with Crippen LogP contribution in [0.2, 0.25) is 5.02 Å². The van der Waals surface area contributed by atoms with Gasteiger partial charge in [0.15, 0.2) is 0 Å². The predicted molar refractivity (Wildman–Crippen MR) is 136 cm³/mol. The Kier molecular flexibility index (Phi) is 8.58. The van der Waals surface area contributed by atoms with Gasteiger partial charge in [-0.25, -0.2) is 9.11 Å². The molecule has 200 valence electrons. The molecule has 3 amide bonds. The van der Waals surface area contributed by atoms with Crippen molar-refractivity contribution in [1.82, 2.24) is 14.3 Å². The second-order valence-corrected chi connectivity index (χ2v) is 11.0. The van der Waals surface area contributed by atoms with Crippen LogP contribution in [-0.2, 0) is 30.0 Å². The Morgan fingerprint density at radius 2 is 1.84 bits per heavy atom. The van der Waals surface area contributed by atoms with Crippen molar-refractivity contribution in [2.75, 3.05) is 39.2 Å². The molecule has 2 aromatic carbocycles. The Labute approximate surface area is 219 Å². The summed E-state index contributed by atoms with van der Waals surface area (Å²) in [5, 5.41) is 4.72. The smallest absolute Gasteiger partial charge is 0.303 e. The minimum Gasteiger partial charge on any atom is -0.375 e. The van der Waals surface area contributed by atoms with Crippen molar-refractivity contribution in [2.45, 2.75) is 25.2 Å². The van der Waals surface area contributed by atoms with E-state index >= 15 is 0 Å². The Bertz CT molecular complexity index is 1330. The van der Waals surface area contributed by atoms with E-state index in [1.165, 1.54) is 14.2 Å². The van der Waals surface area contributed by atoms with Crippen LogP contribution in [0.25, 0.3) is 0 Å². The van der Waals surface area contributed by atoms with Crippen LogP contribution in [0, 0.1) is 5.82 Å². The number of nitrogens with one attached hydrogen (secondary N) is 3. The van der Waals surface area contributed by atoms with Crippen LogP contribution >= 0.6 is 11.6 Å². The Balaban J connectivity index is 2.04. The first-order valence-electron chi connectivity index (χ1n) is 11.3. The highest BCUT2D eigenvalue weighted by molar-refractivity contribution is 7.87. The van der Waals surface area contributed by atoms with E-state index in [9.17, 15) is 27.2 Å². The standard InChI is InChI=1S/C24H28ClFN4O6S/c1-14(2)15-7-5-6-8-17(15)24(12-30(13-24)37(34,35)29-21(31)11-36-4)23(33)28-20-10-19(26)18(25)9-16(20)22(32)27-3/h5-10,14H,11-13H2,1-4H3,(H,27,32)(H,28,33)(H,29,31). The van der Waals surface area contributed by atoms with E-state index < -0.39 is 45.8 Å². The lowest BCUT2D eigenvalue weighted by Gasteiger charge is -2.48. The van der Waals surface area contributed by atoms with Gasteiger partial charge in [0, 0.05) is 27.2 Å². The summed E-state index contributed by atoms with van der Waals surface area (Å²) in [7, 11) is -1.65. The second kappa shape index (κ2) is 11.1. The lowest BCUT2D eigenvalue weighted by molar-refractivity contribution is -0.125. The number of halogens is 2. The Hall–Kier alpha value is -3.06. The molecule has 0 bridgehead atoms. The second-order valence-electron chi connectivity index (χ2n) is 8.90. The molecule has 3 N–H and O–H groups in total. The van der Waals surface area contributed by atoms with Crippen molar-refractivity contribution >= 4 is 45.2 Å². The molecule has 1 fully saturated rings. The lowest BCUT2D eigenvalue weighted by atomic mass is 9.71. The SMILES string of the molecule is CNC(=O)c1cc(Cl)c(F)cc1NC(=O)C1(c2ccccc2C(C)C)CN(S(=O)(=O)NC(=O)COC)C1. The largest absolute Gasteiger partial charge is 0.375 e. The van der Waals surface area contributed by atoms with Crippen molar-refractivity contribution in [1.29, 1.82) is 0 Å². The van der Waals surface area contributed by atoms with Gasteiger partial charge in [0.05, 0.1) is 16.3 Å². The minimum absolute atomic E-state index is 0.0117. The summed E-state index contributed by atoms with van der Waals surface area (Å²) in [6.45, 7) is 2.80. The molecule has 0 unspecified atom stereocenters. The summed E-state index contributed by atoms with van der Waals surface area (Å²) in [5.41, 5.74) is -0.191. The van der Waals surface area contributed by atoms with Crippen molar-refractivity contribution in [3.63, 3.8) is 0 Å². The molecule has 0 saturated carbocycles. The molecule has 1 saturated heterocycles. The van der Waals surface area contributed by atoms with Crippen LogP contribution in [0.15, 0.2) is 36.4 Å². The van der Waals surface area contributed by atoms with Gasteiger partial charge in [-0.2, -0.15) is 12.7 Å². The minimum atomic E-state index is -4.27. The summed E-state index contributed by atoms with van der Waals surface area (Å²) in [4.78, 5) is 38.0.